The van der Waals surface area contributed by atoms with E-state index in [0.29, 0.717) is 0 Å². The molecule has 1 aromatic carbocycles. The monoisotopic (exact) mass is 284 g/mol. The molecule has 0 amide bonds. The third-order valence-electron chi connectivity index (χ3n) is 3.21. The highest BCUT2D eigenvalue weighted by Gasteiger charge is 2.15. The van der Waals surface area contributed by atoms with Crippen molar-refractivity contribution in [1.29, 1.82) is 0 Å². The number of para-hydroxylation sites is 1. The molecule has 2 aromatic heterocycles. The van der Waals surface area contributed by atoms with E-state index in [1.807, 2.05) is 47.4 Å². The Morgan fingerprint density at radius 1 is 1.25 bits per heavy atom. The number of nitrogens with two attached hydrogens (primary N) is 1. The Morgan fingerprint density at radius 3 is 2.70 bits per heavy atom. The Labute approximate surface area is 121 Å². The summed E-state index contributed by atoms with van der Waals surface area (Å²) in [5.74, 6) is 5.71. The number of nitrogens with one attached hydrogen (secondary N) is 1. The molecule has 0 aliphatic carbocycles. The molecule has 102 valence electrons. The molecule has 0 aliphatic heterocycles. The lowest BCUT2D eigenvalue weighted by Gasteiger charge is -2.12. The van der Waals surface area contributed by atoms with Crippen molar-refractivity contribution >= 4 is 11.3 Å². The van der Waals surface area contributed by atoms with Crippen LogP contribution in [0.1, 0.15) is 22.0 Å². The maximum atomic E-state index is 5.71. The lowest BCUT2D eigenvalue weighted by Crippen LogP contribution is -2.28. The van der Waals surface area contributed by atoms with E-state index in [9.17, 15) is 0 Å². The van der Waals surface area contributed by atoms with Crippen molar-refractivity contribution in [2.45, 2.75) is 13.0 Å². The first kappa shape index (κ1) is 13.1. The van der Waals surface area contributed by atoms with E-state index in [1.54, 1.807) is 11.3 Å². The fourth-order valence-electron chi connectivity index (χ4n) is 2.21. The summed E-state index contributed by atoms with van der Waals surface area (Å²) in [5.41, 5.74) is 6.12. The fraction of sp³-hybridized carbons (Fsp3) is 0.133. The number of nitrogens with zero attached hydrogens (tertiary/aromatic N) is 2. The van der Waals surface area contributed by atoms with Crippen LogP contribution in [0.25, 0.3) is 5.69 Å². The van der Waals surface area contributed by atoms with Crippen LogP contribution in [0.2, 0.25) is 0 Å². The smallest absolute Gasteiger partial charge is 0.0749 e. The topological polar surface area (TPSA) is 55.9 Å². The molecule has 0 spiro atoms. The minimum absolute atomic E-state index is 0.0302. The number of aryl methyl sites for hydroxylation is 1. The number of benzene rings is 1. The first-order chi connectivity index (χ1) is 9.78. The van der Waals surface area contributed by atoms with Crippen molar-refractivity contribution in [1.82, 2.24) is 15.2 Å². The average molecular weight is 284 g/mol. The predicted molar refractivity (Wildman–Crippen MR) is 81.8 cm³/mol. The van der Waals surface area contributed by atoms with Crippen LogP contribution < -0.4 is 11.3 Å². The third kappa shape index (κ3) is 2.51. The van der Waals surface area contributed by atoms with Crippen LogP contribution in [-0.2, 0) is 0 Å². The zero-order chi connectivity index (χ0) is 13.9. The molecule has 0 saturated heterocycles. The summed E-state index contributed by atoms with van der Waals surface area (Å²) in [6.45, 7) is 2.09. The Bertz CT molecular complexity index is 687. The number of aromatic nitrogens is 2. The molecule has 1 unspecified atom stereocenters. The molecular formula is C15H16N4S. The van der Waals surface area contributed by atoms with Crippen LogP contribution in [0, 0.1) is 6.92 Å². The quantitative estimate of drug-likeness (QED) is 0.572. The molecule has 5 heteroatoms. The molecule has 4 nitrogen and oxygen atoms in total. The second kappa shape index (κ2) is 5.58. The van der Waals surface area contributed by atoms with Crippen LogP contribution >= 0.6 is 11.3 Å². The van der Waals surface area contributed by atoms with Gasteiger partial charge in [0.15, 0.2) is 0 Å². The lowest BCUT2D eigenvalue weighted by molar-refractivity contribution is 0.638. The number of hydrogen-bond donors (Lipinski definition) is 2. The van der Waals surface area contributed by atoms with Gasteiger partial charge < -0.3 is 0 Å². The second-order valence-electron chi connectivity index (χ2n) is 4.64. The van der Waals surface area contributed by atoms with E-state index in [4.69, 9.17) is 5.84 Å². The van der Waals surface area contributed by atoms with Crippen LogP contribution in [0.4, 0.5) is 0 Å². The molecule has 0 aliphatic rings. The first-order valence-electron chi connectivity index (χ1n) is 6.39. The lowest BCUT2D eigenvalue weighted by atomic mass is 10.1. The summed E-state index contributed by atoms with van der Waals surface area (Å²) in [5, 5.41) is 6.54. The summed E-state index contributed by atoms with van der Waals surface area (Å²) in [7, 11) is 0. The number of hydrazine groups is 1. The zero-order valence-electron chi connectivity index (χ0n) is 11.2. The Morgan fingerprint density at radius 2 is 2.05 bits per heavy atom. The molecule has 3 rings (SSSR count). The Kier molecular flexibility index (Phi) is 3.64. The predicted octanol–water partition coefficient (Wildman–Crippen LogP) is 2.79. The summed E-state index contributed by atoms with van der Waals surface area (Å²) < 4.78 is 1.86. The molecular weight excluding hydrogens is 268 g/mol. The normalized spacial score (nSPS) is 12.5. The highest BCUT2D eigenvalue weighted by molar-refractivity contribution is 7.10. The highest BCUT2D eigenvalue weighted by atomic mass is 32.1. The van der Waals surface area contributed by atoms with E-state index < -0.39 is 0 Å². The van der Waals surface area contributed by atoms with Crippen molar-refractivity contribution in [2.24, 2.45) is 5.84 Å². The molecule has 1 atom stereocenters. The van der Waals surface area contributed by atoms with Crippen molar-refractivity contribution in [2.75, 3.05) is 0 Å². The summed E-state index contributed by atoms with van der Waals surface area (Å²) in [6.07, 6.45) is 3.86. The summed E-state index contributed by atoms with van der Waals surface area (Å²) in [4.78, 5) is 1.27. The van der Waals surface area contributed by atoms with Gasteiger partial charge in [-0.3, -0.25) is 5.84 Å². The van der Waals surface area contributed by atoms with Crippen LogP contribution in [0.3, 0.4) is 0 Å². The van der Waals surface area contributed by atoms with Gasteiger partial charge in [-0.25, -0.2) is 10.1 Å². The maximum absolute atomic E-state index is 5.71. The van der Waals surface area contributed by atoms with Crippen LogP contribution in [0.15, 0.2) is 54.2 Å². The maximum Gasteiger partial charge on any atom is 0.0749 e. The molecule has 20 heavy (non-hydrogen) atoms. The largest absolute Gasteiger partial charge is 0.271 e. The average Bonchev–Trinajstić information content (AvgIpc) is 3.11. The first-order valence-corrected chi connectivity index (χ1v) is 7.27. The van der Waals surface area contributed by atoms with Gasteiger partial charge in [-0.05, 0) is 36.1 Å². The number of thiophene rings is 1. The van der Waals surface area contributed by atoms with Crippen molar-refractivity contribution in [3.8, 4) is 5.69 Å². The third-order valence-corrected chi connectivity index (χ3v) is 4.09. The van der Waals surface area contributed by atoms with Gasteiger partial charge in [0.2, 0.25) is 0 Å². The molecule has 3 aromatic rings. The number of hydrogen-bond acceptors (Lipinski definition) is 4. The highest BCUT2D eigenvalue weighted by Crippen LogP contribution is 2.25. The van der Waals surface area contributed by atoms with Gasteiger partial charge in [0, 0.05) is 16.6 Å². The molecule has 2 heterocycles. The molecule has 0 saturated carbocycles. The molecule has 3 N–H and O–H groups in total. The van der Waals surface area contributed by atoms with Gasteiger partial charge in [0.05, 0.1) is 17.9 Å². The SMILES string of the molecule is Cc1cc(C(NN)c2cnn(-c3ccccc3)c2)cs1. The summed E-state index contributed by atoms with van der Waals surface area (Å²) in [6, 6.07) is 12.2. The van der Waals surface area contributed by atoms with Gasteiger partial charge in [-0.15, -0.1) is 11.3 Å². The fourth-order valence-corrected chi connectivity index (χ4v) is 2.94. The van der Waals surface area contributed by atoms with Gasteiger partial charge in [-0.1, -0.05) is 18.2 Å². The van der Waals surface area contributed by atoms with E-state index in [-0.39, 0.29) is 6.04 Å². The summed E-state index contributed by atoms with van der Waals surface area (Å²) >= 11 is 1.72. The van der Waals surface area contributed by atoms with E-state index in [1.165, 1.54) is 10.4 Å². The molecule has 0 radical (unpaired) electrons. The standard InChI is InChI=1S/C15H16N4S/c1-11-7-12(10-20-11)15(18-16)13-8-17-19(9-13)14-5-3-2-4-6-14/h2-10,15,18H,16H2,1H3. The minimum atomic E-state index is -0.0302. The van der Waals surface area contributed by atoms with Crippen molar-refractivity contribution in [3.05, 3.63) is 70.2 Å². The minimum Gasteiger partial charge on any atom is -0.271 e. The van der Waals surface area contributed by atoms with Gasteiger partial charge in [0.25, 0.3) is 0 Å². The van der Waals surface area contributed by atoms with Crippen molar-refractivity contribution in [3.63, 3.8) is 0 Å². The van der Waals surface area contributed by atoms with Gasteiger partial charge >= 0.3 is 0 Å². The molecule has 0 fully saturated rings. The Balaban J connectivity index is 1.92. The van der Waals surface area contributed by atoms with Crippen LogP contribution in [-0.4, -0.2) is 9.78 Å². The van der Waals surface area contributed by atoms with Crippen LogP contribution in [0.5, 0.6) is 0 Å². The molecule has 0 bridgehead atoms. The van der Waals surface area contributed by atoms with Crippen molar-refractivity contribution < 1.29 is 0 Å². The van der Waals surface area contributed by atoms with E-state index >= 15 is 0 Å². The Hall–Kier alpha value is -1.95. The zero-order valence-corrected chi connectivity index (χ0v) is 12.0. The second-order valence-corrected chi connectivity index (χ2v) is 5.76. The van der Waals surface area contributed by atoms with E-state index in [0.717, 1.165) is 11.3 Å². The number of rotatable bonds is 4. The van der Waals surface area contributed by atoms with Gasteiger partial charge in [-0.2, -0.15) is 5.10 Å². The van der Waals surface area contributed by atoms with E-state index in [2.05, 4.69) is 28.9 Å². The van der Waals surface area contributed by atoms with Gasteiger partial charge in [0.1, 0.15) is 0 Å².